The fourth-order valence-corrected chi connectivity index (χ4v) is 4.93. The highest BCUT2D eigenvalue weighted by molar-refractivity contribution is 6.11. The van der Waals surface area contributed by atoms with Gasteiger partial charge in [0.15, 0.2) is 5.69 Å². The Kier molecular flexibility index (Phi) is 5.72. The summed E-state index contributed by atoms with van der Waals surface area (Å²) < 4.78 is 45.0. The van der Waals surface area contributed by atoms with E-state index in [1.807, 2.05) is 0 Å². The minimum Gasteiger partial charge on any atom is -0.476 e. The molecule has 0 saturated carbocycles. The Morgan fingerprint density at radius 3 is 2.51 bits per heavy atom. The molecule has 1 unspecified atom stereocenters. The quantitative estimate of drug-likeness (QED) is 0.359. The van der Waals surface area contributed by atoms with Crippen molar-refractivity contribution in [3.05, 3.63) is 53.2 Å². The molecule has 0 aliphatic carbocycles. The molecule has 0 fully saturated rings. The van der Waals surface area contributed by atoms with Crippen LogP contribution in [0.3, 0.4) is 0 Å². The molecule has 0 amide bonds. The number of aromatic carboxylic acids is 1. The largest absolute Gasteiger partial charge is 0.476 e. The highest BCUT2D eigenvalue weighted by atomic mass is 19.4. The maximum absolute atomic E-state index is 13.5. The number of hydrogen-bond acceptors (Lipinski definition) is 6. The molecule has 192 valence electrons. The number of carboxylic acid groups (broad SMARTS) is 1. The number of fused-ring (bicyclic) bond motifs is 3. The number of nitrogens with zero attached hydrogens (tertiary/aromatic N) is 8. The van der Waals surface area contributed by atoms with E-state index in [1.54, 1.807) is 61.6 Å². The van der Waals surface area contributed by atoms with Crippen LogP contribution >= 0.6 is 0 Å². The van der Waals surface area contributed by atoms with E-state index in [0.29, 0.717) is 44.8 Å². The van der Waals surface area contributed by atoms with Gasteiger partial charge in [-0.3, -0.25) is 14.6 Å². The molecule has 5 aromatic rings. The molecule has 1 N–H and O–H groups in total. The van der Waals surface area contributed by atoms with Crippen molar-refractivity contribution in [3.63, 3.8) is 0 Å². The molecule has 5 rings (SSSR count). The van der Waals surface area contributed by atoms with Crippen LogP contribution in [0.15, 0.2) is 30.6 Å². The van der Waals surface area contributed by atoms with Crippen molar-refractivity contribution in [2.75, 3.05) is 0 Å². The number of aryl methyl sites for hydroxylation is 4. The highest BCUT2D eigenvalue weighted by Gasteiger charge is 2.34. The van der Waals surface area contributed by atoms with Gasteiger partial charge in [-0.15, -0.1) is 5.10 Å². The Bertz CT molecular complexity index is 1640. The van der Waals surface area contributed by atoms with E-state index < -0.39 is 24.6 Å². The van der Waals surface area contributed by atoms with Crippen LogP contribution in [0.1, 0.15) is 46.3 Å². The first-order chi connectivity index (χ1) is 17.5. The number of aromatic nitrogens is 8. The molecule has 0 saturated heterocycles. The second kappa shape index (κ2) is 8.68. The van der Waals surface area contributed by atoms with E-state index in [0.717, 1.165) is 0 Å². The molecular weight excluding hydrogens is 489 g/mol. The van der Waals surface area contributed by atoms with Gasteiger partial charge in [-0.25, -0.2) is 9.48 Å². The fourth-order valence-electron chi connectivity index (χ4n) is 4.93. The lowest BCUT2D eigenvalue weighted by Gasteiger charge is -2.23. The van der Waals surface area contributed by atoms with Gasteiger partial charge in [-0.2, -0.15) is 18.3 Å². The highest BCUT2D eigenvalue weighted by Crippen LogP contribution is 2.40. The summed E-state index contributed by atoms with van der Waals surface area (Å²) in [7, 11) is 3.31. The van der Waals surface area contributed by atoms with Crippen LogP contribution in [0.4, 0.5) is 13.2 Å². The summed E-state index contributed by atoms with van der Waals surface area (Å²) in [4.78, 5) is 21.3. The van der Waals surface area contributed by atoms with Crippen molar-refractivity contribution in [1.29, 1.82) is 0 Å². The Morgan fingerprint density at radius 1 is 1.14 bits per heavy atom. The molecule has 0 bridgehead atoms. The lowest BCUT2D eigenvalue weighted by Crippen LogP contribution is -2.18. The molecule has 10 nitrogen and oxygen atoms in total. The zero-order chi connectivity index (χ0) is 26.6. The minimum absolute atomic E-state index is 0.187. The predicted molar refractivity (Wildman–Crippen MR) is 128 cm³/mol. The minimum atomic E-state index is -4.42. The normalized spacial score (nSPS) is 13.1. The molecule has 13 heteroatoms. The predicted octanol–water partition coefficient (Wildman–Crippen LogP) is 4.36. The Hall–Kier alpha value is -4.29. The van der Waals surface area contributed by atoms with Gasteiger partial charge in [-0.05, 0) is 38.0 Å². The van der Waals surface area contributed by atoms with Gasteiger partial charge in [-0.1, -0.05) is 11.3 Å². The standard InChI is InChI=1S/C24H23F3N8O2/c1-12-6-5-9-28-17(12)15(7-8-24(25,26)27)35-16-10-14(20-13(2)30-32-34(20)4)11-29-18(16)21-22(35)19(23(36)37)31-33(21)3/h5-6,9-11,15H,7-8H2,1-4H3,(H,36,37). The van der Waals surface area contributed by atoms with Gasteiger partial charge in [0, 0.05) is 38.5 Å². The van der Waals surface area contributed by atoms with Crippen molar-refractivity contribution in [2.45, 2.75) is 38.9 Å². The summed E-state index contributed by atoms with van der Waals surface area (Å²) in [5, 5.41) is 22.2. The van der Waals surface area contributed by atoms with E-state index in [9.17, 15) is 23.1 Å². The van der Waals surface area contributed by atoms with Crippen LogP contribution in [0.2, 0.25) is 0 Å². The maximum atomic E-state index is 13.5. The summed E-state index contributed by atoms with van der Waals surface area (Å²) in [5.41, 5.74) is 4.25. The van der Waals surface area contributed by atoms with Crippen molar-refractivity contribution in [1.82, 2.24) is 39.3 Å². The van der Waals surface area contributed by atoms with Gasteiger partial charge in [0.05, 0.1) is 28.6 Å². The summed E-state index contributed by atoms with van der Waals surface area (Å²) in [6.45, 7) is 3.55. The monoisotopic (exact) mass is 512 g/mol. The number of carbonyl (C=O) groups is 1. The summed E-state index contributed by atoms with van der Waals surface area (Å²) in [6, 6.07) is 4.31. The van der Waals surface area contributed by atoms with Gasteiger partial charge in [0.2, 0.25) is 0 Å². The summed E-state index contributed by atoms with van der Waals surface area (Å²) in [6.07, 6.45) is -2.74. The molecule has 5 heterocycles. The molecule has 0 aliphatic heterocycles. The fraction of sp³-hybridized carbons (Fsp3) is 0.333. The van der Waals surface area contributed by atoms with Crippen molar-refractivity contribution in [3.8, 4) is 11.3 Å². The number of pyridine rings is 2. The molecule has 37 heavy (non-hydrogen) atoms. The van der Waals surface area contributed by atoms with Gasteiger partial charge < -0.3 is 9.67 Å². The average molecular weight is 512 g/mol. The SMILES string of the molecule is Cc1cccnc1C(CCC(F)(F)F)n1c2cc(-c3c(C)nnn3C)cnc2c2c1c(C(=O)O)nn2C. The lowest BCUT2D eigenvalue weighted by molar-refractivity contribution is -0.136. The van der Waals surface area contributed by atoms with Crippen molar-refractivity contribution in [2.24, 2.45) is 14.1 Å². The van der Waals surface area contributed by atoms with Crippen molar-refractivity contribution >= 4 is 28.0 Å². The molecule has 0 spiro atoms. The third-order valence-corrected chi connectivity index (χ3v) is 6.46. The smallest absolute Gasteiger partial charge is 0.389 e. The van der Waals surface area contributed by atoms with E-state index in [1.165, 1.54) is 10.9 Å². The second-order valence-electron chi connectivity index (χ2n) is 8.96. The third kappa shape index (κ3) is 4.09. The maximum Gasteiger partial charge on any atom is 0.389 e. The zero-order valence-corrected chi connectivity index (χ0v) is 20.4. The Morgan fingerprint density at radius 2 is 1.89 bits per heavy atom. The van der Waals surface area contributed by atoms with Crippen LogP contribution in [0.25, 0.3) is 33.3 Å². The topological polar surface area (TPSA) is 117 Å². The second-order valence-corrected chi connectivity index (χ2v) is 8.96. The molecule has 0 radical (unpaired) electrons. The Balaban J connectivity index is 1.89. The van der Waals surface area contributed by atoms with Gasteiger partial charge in [0.25, 0.3) is 0 Å². The lowest BCUT2D eigenvalue weighted by atomic mass is 10.0. The third-order valence-electron chi connectivity index (χ3n) is 6.46. The van der Waals surface area contributed by atoms with E-state index in [2.05, 4.69) is 25.4 Å². The first-order valence-corrected chi connectivity index (χ1v) is 11.4. The molecular formula is C24H23F3N8O2. The molecule has 5 aromatic heterocycles. The van der Waals surface area contributed by atoms with Crippen molar-refractivity contribution < 1.29 is 23.1 Å². The number of carboxylic acids is 1. The first kappa shape index (κ1) is 24.4. The molecule has 1 atom stereocenters. The van der Waals surface area contributed by atoms with Crippen LogP contribution in [0.5, 0.6) is 0 Å². The summed E-state index contributed by atoms with van der Waals surface area (Å²) >= 11 is 0. The van der Waals surface area contributed by atoms with Crippen LogP contribution in [-0.4, -0.2) is 56.6 Å². The number of rotatable bonds is 6. The van der Waals surface area contributed by atoms with Crippen LogP contribution in [0, 0.1) is 13.8 Å². The molecule has 0 aliphatic rings. The first-order valence-electron chi connectivity index (χ1n) is 11.4. The average Bonchev–Trinajstić information content (AvgIpc) is 3.45. The van der Waals surface area contributed by atoms with Gasteiger partial charge in [0.1, 0.15) is 16.6 Å². The molecule has 0 aromatic carbocycles. The van der Waals surface area contributed by atoms with E-state index in [-0.39, 0.29) is 17.6 Å². The van der Waals surface area contributed by atoms with Gasteiger partial charge >= 0.3 is 12.1 Å². The summed E-state index contributed by atoms with van der Waals surface area (Å²) in [5.74, 6) is -1.30. The Labute approximate surface area is 208 Å². The van der Waals surface area contributed by atoms with Crippen LogP contribution in [-0.2, 0) is 14.1 Å². The number of hydrogen-bond donors (Lipinski definition) is 1. The van der Waals surface area contributed by atoms with E-state index >= 15 is 0 Å². The number of halogens is 3. The number of alkyl halides is 3. The zero-order valence-electron chi connectivity index (χ0n) is 20.4. The van der Waals surface area contributed by atoms with Crippen LogP contribution < -0.4 is 0 Å². The van der Waals surface area contributed by atoms with E-state index in [4.69, 9.17) is 0 Å².